The molecule has 0 spiro atoms. The van der Waals surface area contributed by atoms with E-state index in [-0.39, 0.29) is 41.9 Å². The molecular weight excluding hydrogens is 454 g/mol. The number of aryl methyl sites for hydroxylation is 1. The minimum absolute atomic E-state index is 0.0493. The number of carbonyl (C=O) groups excluding carboxylic acids is 3. The average Bonchev–Trinajstić information content (AvgIpc) is 2.98. The Kier molecular flexibility index (Phi) is 7.76. The Bertz CT molecular complexity index is 1180. The Morgan fingerprint density at radius 3 is 2.29 bits per heavy atom. The van der Waals surface area contributed by atoms with Gasteiger partial charge in [-0.05, 0) is 44.9 Å². The standard InChI is InChI=1S/C25H31N3O5S/c1-5-21(24(30)26-17(2)3)27(16-19-12-10-18(4)11-13-19)23(29)14-15-28-25(31)20-8-6-7-9-22(20)34(28,32)33/h6-13,17,21H,5,14-16H2,1-4H3,(H,26,30)/t21-/m0/s1. The van der Waals surface area contributed by atoms with Crippen molar-refractivity contribution < 1.29 is 22.8 Å². The number of hydrogen-bond donors (Lipinski definition) is 1. The van der Waals surface area contributed by atoms with Crippen molar-refractivity contribution >= 4 is 27.7 Å². The third-order valence-electron chi connectivity index (χ3n) is 5.73. The highest BCUT2D eigenvalue weighted by Crippen LogP contribution is 2.30. The monoisotopic (exact) mass is 485 g/mol. The Labute approximate surface area is 201 Å². The Hall–Kier alpha value is -3.20. The molecule has 2 aromatic rings. The highest BCUT2D eigenvalue weighted by molar-refractivity contribution is 7.90. The second-order valence-electron chi connectivity index (χ2n) is 8.72. The van der Waals surface area contributed by atoms with Gasteiger partial charge in [0, 0.05) is 25.6 Å². The summed E-state index contributed by atoms with van der Waals surface area (Å²) in [5.41, 5.74) is 2.03. The largest absolute Gasteiger partial charge is 0.352 e. The van der Waals surface area contributed by atoms with Gasteiger partial charge in [0.25, 0.3) is 15.9 Å². The van der Waals surface area contributed by atoms with Crippen LogP contribution in [0.5, 0.6) is 0 Å². The van der Waals surface area contributed by atoms with Crippen LogP contribution < -0.4 is 5.32 Å². The second-order valence-corrected chi connectivity index (χ2v) is 10.6. The quantitative estimate of drug-likeness (QED) is 0.588. The molecule has 1 heterocycles. The number of carbonyl (C=O) groups is 3. The van der Waals surface area contributed by atoms with Crippen molar-refractivity contribution in [2.24, 2.45) is 0 Å². The molecule has 0 saturated carbocycles. The highest BCUT2D eigenvalue weighted by atomic mass is 32.2. The van der Waals surface area contributed by atoms with Crippen LogP contribution in [0.3, 0.4) is 0 Å². The topological polar surface area (TPSA) is 104 Å². The lowest BCUT2D eigenvalue weighted by Crippen LogP contribution is -2.51. The van der Waals surface area contributed by atoms with Gasteiger partial charge in [-0.25, -0.2) is 12.7 Å². The summed E-state index contributed by atoms with van der Waals surface area (Å²) in [5, 5.41) is 2.86. The van der Waals surface area contributed by atoms with E-state index in [0.29, 0.717) is 6.42 Å². The van der Waals surface area contributed by atoms with Crippen molar-refractivity contribution in [3.8, 4) is 0 Å². The maximum absolute atomic E-state index is 13.4. The van der Waals surface area contributed by atoms with E-state index in [1.165, 1.54) is 17.0 Å². The van der Waals surface area contributed by atoms with Gasteiger partial charge in [-0.2, -0.15) is 0 Å². The van der Waals surface area contributed by atoms with Gasteiger partial charge in [0.15, 0.2) is 0 Å². The lowest BCUT2D eigenvalue weighted by Gasteiger charge is -2.31. The summed E-state index contributed by atoms with van der Waals surface area (Å²) in [5.74, 6) is -1.31. The number of sulfonamides is 1. The van der Waals surface area contributed by atoms with Crippen molar-refractivity contribution in [3.63, 3.8) is 0 Å². The van der Waals surface area contributed by atoms with Crippen LogP contribution in [0.25, 0.3) is 0 Å². The Morgan fingerprint density at radius 1 is 1.06 bits per heavy atom. The van der Waals surface area contributed by atoms with Gasteiger partial charge in [0.1, 0.15) is 10.9 Å². The first-order valence-corrected chi connectivity index (χ1v) is 12.8. The zero-order valence-corrected chi connectivity index (χ0v) is 20.8. The molecule has 0 fully saturated rings. The van der Waals surface area contributed by atoms with Crippen molar-refractivity contribution in [3.05, 3.63) is 65.2 Å². The number of fused-ring (bicyclic) bond motifs is 1. The van der Waals surface area contributed by atoms with Crippen LogP contribution >= 0.6 is 0 Å². The zero-order valence-electron chi connectivity index (χ0n) is 19.9. The third-order valence-corrected chi connectivity index (χ3v) is 7.57. The number of amides is 3. The molecule has 0 aliphatic carbocycles. The SMILES string of the molecule is CC[C@@H](C(=O)NC(C)C)N(Cc1ccc(C)cc1)C(=O)CCN1C(=O)c2ccccc2S1(=O)=O. The van der Waals surface area contributed by atoms with Crippen LogP contribution in [-0.4, -0.2) is 54.0 Å². The van der Waals surface area contributed by atoms with E-state index in [2.05, 4.69) is 5.32 Å². The lowest BCUT2D eigenvalue weighted by molar-refractivity contribution is -0.141. The van der Waals surface area contributed by atoms with Crippen molar-refractivity contribution in [1.82, 2.24) is 14.5 Å². The molecule has 0 bridgehead atoms. The van der Waals surface area contributed by atoms with Crippen LogP contribution in [0.15, 0.2) is 53.4 Å². The summed E-state index contributed by atoms with van der Waals surface area (Å²) in [6.07, 6.45) is 0.165. The summed E-state index contributed by atoms with van der Waals surface area (Å²) < 4.78 is 26.4. The van der Waals surface area contributed by atoms with E-state index < -0.39 is 27.9 Å². The number of benzene rings is 2. The molecule has 9 heteroatoms. The summed E-state index contributed by atoms with van der Waals surface area (Å²) in [7, 11) is -4.00. The molecule has 34 heavy (non-hydrogen) atoms. The number of hydrogen-bond acceptors (Lipinski definition) is 5. The molecule has 1 aliphatic rings. The predicted molar refractivity (Wildman–Crippen MR) is 128 cm³/mol. The van der Waals surface area contributed by atoms with E-state index in [1.54, 1.807) is 12.1 Å². The van der Waals surface area contributed by atoms with Gasteiger partial charge in [-0.1, -0.05) is 48.9 Å². The van der Waals surface area contributed by atoms with E-state index >= 15 is 0 Å². The maximum atomic E-state index is 13.4. The molecule has 182 valence electrons. The zero-order chi connectivity index (χ0) is 25.0. The molecule has 2 aromatic carbocycles. The second kappa shape index (κ2) is 10.4. The maximum Gasteiger partial charge on any atom is 0.269 e. The average molecular weight is 486 g/mol. The highest BCUT2D eigenvalue weighted by Gasteiger charge is 2.41. The number of nitrogens with one attached hydrogen (secondary N) is 1. The summed E-state index contributed by atoms with van der Waals surface area (Å²) in [4.78, 5) is 40.4. The number of nitrogens with zero attached hydrogens (tertiary/aromatic N) is 2. The van der Waals surface area contributed by atoms with E-state index in [9.17, 15) is 22.8 Å². The Balaban J connectivity index is 1.82. The van der Waals surface area contributed by atoms with Crippen molar-refractivity contribution in [2.75, 3.05) is 6.54 Å². The van der Waals surface area contributed by atoms with Gasteiger partial charge in [0.05, 0.1) is 5.56 Å². The summed E-state index contributed by atoms with van der Waals surface area (Å²) in [6.45, 7) is 7.39. The first-order valence-electron chi connectivity index (χ1n) is 11.4. The minimum Gasteiger partial charge on any atom is -0.352 e. The van der Waals surface area contributed by atoms with Gasteiger partial charge >= 0.3 is 0 Å². The molecule has 0 aromatic heterocycles. The smallest absolute Gasteiger partial charge is 0.269 e. The molecule has 3 amide bonds. The fraction of sp³-hybridized carbons (Fsp3) is 0.400. The van der Waals surface area contributed by atoms with E-state index in [0.717, 1.165) is 15.4 Å². The lowest BCUT2D eigenvalue weighted by atomic mass is 10.1. The first-order chi connectivity index (χ1) is 16.1. The predicted octanol–water partition coefficient (Wildman–Crippen LogP) is 2.86. The molecule has 8 nitrogen and oxygen atoms in total. The van der Waals surface area contributed by atoms with Crippen LogP contribution in [0, 0.1) is 6.92 Å². The van der Waals surface area contributed by atoms with Crippen LogP contribution in [-0.2, 0) is 26.2 Å². The molecule has 0 unspecified atom stereocenters. The third kappa shape index (κ3) is 5.30. The van der Waals surface area contributed by atoms with Crippen LogP contribution in [0.4, 0.5) is 0 Å². The van der Waals surface area contributed by atoms with E-state index in [4.69, 9.17) is 0 Å². The van der Waals surface area contributed by atoms with Crippen LogP contribution in [0.1, 0.15) is 55.1 Å². The minimum atomic E-state index is -4.00. The molecule has 0 saturated heterocycles. The van der Waals surface area contributed by atoms with Gasteiger partial charge in [0.2, 0.25) is 11.8 Å². The van der Waals surface area contributed by atoms with Gasteiger partial charge < -0.3 is 10.2 Å². The Morgan fingerprint density at radius 2 is 1.71 bits per heavy atom. The first kappa shape index (κ1) is 25.4. The van der Waals surface area contributed by atoms with Gasteiger partial charge in [-0.15, -0.1) is 0 Å². The molecule has 1 atom stereocenters. The van der Waals surface area contributed by atoms with Crippen LogP contribution in [0.2, 0.25) is 0 Å². The molecule has 0 radical (unpaired) electrons. The summed E-state index contributed by atoms with van der Waals surface area (Å²) >= 11 is 0. The van der Waals surface area contributed by atoms with Crippen molar-refractivity contribution in [1.29, 1.82) is 0 Å². The molecule has 1 N–H and O–H groups in total. The fourth-order valence-electron chi connectivity index (χ4n) is 3.98. The van der Waals surface area contributed by atoms with Crippen molar-refractivity contribution in [2.45, 2.75) is 64.1 Å². The normalized spacial score (nSPS) is 15.2. The molecule has 3 rings (SSSR count). The summed E-state index contributed by atoms with van der Waals surface area (Å²) in [6, 6.07) is 12.8. The number of rotatable bonds is 9. The molecule has 1 aliphatic heterocycles. The fourth-order valence-corrected chi connectivity index (χ4v) is 5.55. The molecular formula is C25H31N3O5S. The van der Waals surface area contributed by atoms with Gasteiger partial charge in [-0.3, -0.25) is 14.4 Å². The van der Waals surface area contributed by atoms with E-state index in [1.807, 2.05) is 52.0 Å².